The second-order valence-electron chi connectivity index (χ2n) is 2.86. The van der Waals surface area contributed by atoms with Gasteiger partial charge in [-0.05, 0) is 12.2 Å². The van der Waals surface area contributed by atoms with Crippen LogP contribution in [0.4, 0.5) is 0 Å². The summed E-state index contributed by atoms with van der Waals surface area (Å²) in [5.74, 6) is -0.889. The van der Waals surface area contributed by atoms with Crippen molar-refractivity contribution < 1.29 is 19.0 Å². The molecule has 0 amide bonds. The number of methoxy groups -OCH3 is 3. The second-order valence-corrected chi connectivity index (χ2v) is 2.86. The van der Waals surface area contributed by atoms with Crippen molar-refractivity contribution >= 4 is 5.78 Å². The summed E-state index contributed by atoms with van der Waals surface area (Å²) < 4.78 is 15.5. The molecule has 0 saturated carbocycles. The molecule has 13 heavy (non-hydrogen) atoms. The Kier molecular flexibility index (Phi) is 3.19. The number of allylic oxidation sites excluding steroid dienone is 1. The van der Waals surface area contributed by atoms with E-state index in [1.54, 1.807) is 6.08 Å². The van der Waals surface area contributed by atoms with E-state index in [0.29, 0.717) is 0 Å². The van der Waals surface area contributed by atoms with Crippen LogP contribution in [0.1, 0.15) is 6.42 Å². The van der Waals surface area contributed by atoms with Gasteiger partial charge in [-0.1, -0.05) is 0 Å². The second kappa shape index (κ2) is 4.00. The highest BCUT2D eigenvalue weighted by atomic mass is 16.7. The zero-order valence-electron chi connectivity index (χ0n) is 8.07. The van der Waals surface area contributed by atoms with E-state index in [1.807, 2.05) is 0 Å². The highest BCUT2D eigenvalue weighted by Crippen LogP contribution is 2.27. The Balaban J connectivity index is 2.91. The lowest BCUT2D eigenvalue weighted by molar-refractivity contribution is -0.235. The van der Waals surface area contributed by atoms with Crippen molar-refractivity contribution in [2.75, 3.05) is 21.3 Å². The normalized spacial score (nSPS) is 26.4. The van der Waals surface area contributed by atoms with E-state index < -0.39 is 5.79 Å². The summed E-state index contributed by atoms with van der Waals surface area (Å²) in [6, 6.07) is 0. The van der Waals surface area contributed by atoms with Crippen LogP contribution in [0.2, 0.25) is 0 Å². The number of ketones is 1. The van der Waals surface area contributed by atoms with Crippen LogP contribution in [0.5, 0.6) is 0 Å². The van der Waals surface area contributed by atoms with Gasteiger partial charge in [0.1, 0.15) is 6.10 Å². The van der Waals surface area contributed by atoms with Gasteiger partial charge in [0.2, 0.25) is 5.79 Å². The molecule has 0 N–H and O–H groups in total. The monoisotopic (exact) mass is 186 g/mol. The molecule has 1 atom stereocenters. The Morgan fingerprint density at radius 2 is 2.00 bits per heavy atom. The lowest BCUT2D eigenvalue weighted by atomic mass is 9.97. The molecular formula is C9H14O4. The van der Waals surface area contributed by atoms with Gasteiger partial charge in [-0.25, -0.2) is 0 Å². The molecule has 0 aromatic heterocycles. The van der Waals surface area contributed by atoms with Gasteiger partial charge in [0, 0.05) is 27.8 Å². The topological polar surface area (TPSA) is 44.8 Å². The van der Waals surface area contributed by atoms with Gasteiger partial charge in [-0.15, -0.1) is 0 Å². The van der Waals surface area contributed by atoms with E-state index >= 15 is 0 Å². The standard InChI is InChI=1S/C9H14O4/c1-11-8-6-7(10)4-5-9(8,12-2)13-3/h4-5,8H,6H2,1-3H3. The molecule has 0 fully saturated rings. The van der Waals surface area contributed by atoms with Gasteiger partial charge in [0.15, 0.2) is 5.78 Å². The summed E-state index contributed by atoms with van der Waals surface area (Å²) in [5.41, 5.74) is 0. The predicted octanol–water partition coefficient (Wildman–Crippen LogP) is 0.519. The minimum atomic E-state index is -0.914. The van der Waals surface area contributed by atoms with Gasteiger partial charge in [-0.2, -0.15) is 0 Å². The molecule has 0 bridgehead atoms. The average Bonchev–Trinajstić information content (AvgIpc) is 2.18. The highest BCUT2D eigenvalue weighted by Gasteiger charge is 2.41. The van der Waals surface area contributed by atoms with Crippen LogP contribution in [0.15, 0.2) is 12.2 Å². The largest absolute Gasteiger partial charge is 0.375 e. The first-order valence-corrected chi connectivity index (χ1v) is 4.03. The van der Waals surface area contributed by atoms with Crippen molar-refractivity contribution in [1.29, 1.82) is 0 Å². The van der Waals surface area contributed by atoms with Crippen molar-refractivity contribution in [3.63, 3.8) is 0 Å². The van der Waals surface area contributed by atoms with E-state index in [9.17, 15) is 4.79 Å². The molecule has 1 rings (SSSR count). The predicted molar refractivity (Wildman–Crippen MR) is 46.3 cm³/mol. The smallest absolute Gasteiger partial charge is 0.215 e. The molecule has 0 radical (unpaired) electrons. The number of hydrogen-bond acceptors (Lipinski definition) is 4. The van der Waals surface area contributed by atoms with Gasteiger partial charge in [0.05, 0.1) is 0 Å². The Morgan fingerprint density at radius 3 is 2.46 bits per heavy atom. The van der Waals surface area contributed by atoms with Crippen molar-refractivity contribution in [3.05, 3.63) is 12.2 Å². The van der Waals surface area contributed by atoms with E-state index in [1.165, 1.54) is 27.4 Å². The number of hydrogen-bond donors (Lipinski definition) is 0. The van der Waals surface area contributed by atoms with E-state index in [2.05, 4.69) is 0 Å². The van der Waals surface area contributed by atoms with Crippen LogP contribution in [-0.4, -0.2) is 39.0 Å². The third-order valence-electron chi connectivity index (χ3n) is 2.26. The molecule has 1 unspecified atom stereocenters. The van der Waals surface area contributed by atoms with Gasteiger partial charge in [0.25, 0.3) is 0 Å². The Morgan fingerprint density at radius 1 is 1.38 bits per heavy atom. The minimum absolute atomic E-state index is 0.0246. The fraction of sp³-hybridized carbons (Fsp3) is 0.667. The maximum atomic E-state index is 11.1. The van der Waals surface area contributed by atoms with Crippen molar-refractivity contribution in [3.8, 4) is 0 Å². The van der Waals surface area contributed by atoms with Crippen LogP contribution < -0.4 is 0 Å². The van der Waals surface area contributed by atoms with E-state index in [4.69, 9.17) is 14.2 Å². The number of rotatable bonds is 3. The van der Waals surface area contributed by atoms with Crippen LogP contribution in [0.3, 0.4) is 0 Å². The quantitative estimate of drug-likeness (QED) is 0.603. The third kappa shape index (κ3) is 1.80. The number of carbonyl (C=O) groups is 1. The number of ether oxygens (including phenoxy) is 3. The van der Waals surface area contributed by atoms with Gasteiger partial charge >= 0.3 is 0 Å². The van der Waals surface area contributed by atoms with Crippen molar-refractivity contribution in [2.45, 2.75) is 18.3 Å². The molecule has 1 aliphatic carbocycles. The lowest BCUT2D eigenvalue weighted by Crippen LogP contribution is -2.48. The molecule has 4 heteroatoms. The molecule has 0 aliphatic heterocycles. The van der Waals surface area contributed by atoms with E-state index in [-0.39, 0.29) is 18.3 Å². The summed E-state index contributed by atoms with van der Waals surface area (Å²) in [4.78, 5) is 11.1. The molecule has 0 saturated heterocycles. The third-order valence-corrected chi connectivity index (χ3v) is 2.26. The molecule has 0 heterocycles. The minimum Gasteiger partial charge on any atom is -0.375 e. The molecule has 0 spiro atoms. The highest BCUT2D eigenvalue weighted by molar-refractivity contribution is 5.91. The first-order chi connectivity index (χ1) is 6.18. The molecule has 74 valence electrons. The molecular weight excluding hydrogens is 172 g/mol. The van der Waals surface area contributed by atoms with Crippen LogP contribution in [-0.2, 0) is 19.0 Å². The molecule has 0 aromatic carbocycles. The molecule has 1 aliphatic rings. The van der Waals surface area contributed by atoms with E-state index in [0.717, 1.165) is 0 Å². The fourth-order valence-corrected chi connectivity index (χ4v) is 1.44. The number of carbonyl (C=O) groups excluding carboxylic acids is 1. The Hall–Kier alpha value is -0.710. The zero-order chi connectivity index (χ0) is 9.90. The molecule has 0 aromatic rings. The fourth-order valence-electron chi connectivity index (χ4n) is 1.44. The zero-order valence-corrected chi connectivity index (χ0v) is 8.07. The lowest BCUT2D eigenvalue weighted by Gasteiger charge is -2.36. The van der Waals surface area contributed by atoms with Crippen LogP contribution in [0, 0.1) is 0 Å². The first-order valence-electron chi connectivity index (χ1n) is 4.03. The summed E-state index contributed by atoms with van der Waals surface area (Å²) in [6.45, 7) is 0. The van der Waals surface area contributed by atoms with Crippen molar-refractivity contribution in [1.82, 2.24) is 0 Å². The van der Waals surface area contributed by atoms with Crippen LogP contribution in [0.25, 0.3) is 0 Å². The van der Waals surface area contributed by atoms with Gasteiger partial charge < -0.3 is 14.2 Å². The maximum Gasteiger partial charge on any atom is 0.215 e. The Labute approximate surface area is 77.5 Å². The summed E-state index contributed by atoms with van der Waals surface area (Å²) >= 11 is 0. The summed E-state index contributed by atoms with van der Waals surface area (Å²) in [6.07, 6.45) is 2.96. The Bertz CT molecular complexity index is 218. The van der Waals surface area contributed by atoms with Gasteiger partial charge in [-0.3, -0.25) is 4.79 Å². The summed E-state index contributed by atoms with van der Waals surface area (Å²) in [7, 11) is 4.58. The van der Waals surface area contributed by atoms with Crippen molar-refractivity contribution in [2.24, 2.45) is 0 Å². The SMILES string of the molecule is COC1CC(=O)C=CC1(OC)OC. The molecule has 4 nitrogen and oxygen atoms in total. The van der Waals surface area contributed by atoms with Crippen LogP contribution >= 0.6 is 0 Å². The maximum absolute atomic E-state index is 11.1. The summed E-state index contributed by atoms with van der Waals surface area (Å²) in [5, 5.41) is 0. The average molecular weight is 186 g/mol. The first kappa shape index (κ1) is 10.4.